The minimum Gasteiger partial charge on any atom is -0.462 e. The van der Waals surface area contributed by atoms with Crippen LogP contribution in [0.2, 0.25) is 0 Å². The normalized spacial score (nSPS) is 17.1. The number of carbonyl (C=O) groups excluding carboxylic acids is 2. The van der Waals surface area contributed by atoms with Gasteiger partial charge in [-0.3, -0.25) is 14.5 Å². The molecule has 0 bridgehead atoms. The Morgan fingerprint density at radius 3 is 2.44 bits per heavy atom. The molecule has 6 heteroatoms. The molecule has 1 saturated heterocycles. The van der Waals surface area contributed by atoms with Gasteiger partial charge < -0.3 is 15.8 Å². The number of ether oxygens (including phenoxy) is 1. The fourth-order valence-corrected chi connectivity index (χ4v) is 2.15. The van der Waals surface area contributed by atoms with Gasteiger partial charge in [-0.2, -0.15) is 0 Å². The number of piperidine rings is 1. The molecule has 1 aliphatic rings. The van der Waals surface area contributed by atoms with Crippen molar-refractivity contribution in [3.63, 3.8) is 0 Å². The Morgan fingerprint density at radius 1 is 1.33 bits per heavy atom. The van der Waals surface area contributed by atoms with Crippen LogP contribution in [0.5, 0.6) is 0 Å². The number of rotatable bonds is 6. The Kier molecular flexibility index (Phi) is 6.07. The molecular formula is C12H23N3O3. The Hall–Kier alpha value is -1.14. The van der Waals surface area contributed by atoms with Crippen molar-refractivity contribution < 1.29 is 14.3 Å². The van der Waals surface area contributed by atoms with E-state index in [0.29, 0.717) is 0 Å². The zero-order chi connectivity index (χ0) is 13.5. The van der Waals surface area contributed by atoms with E-state index >= 15 is 0 Å². The minimum absolute atomic E-state index is 0.109. The number of esters is 1. The standard InChI is InChI=1S/C12H23N3O3/c1-9(2)18-12(17)8-15(7-11(13)16)10-3-5-14-6-4-10/h9-10,14H,3-8H2,1-2H3,(H2,13,16). The molecule has 0 saturated carbocycles. The summed E-state index contributed by atoms with van der Waals surface area (Å²) in [5, 5.41) is 3.25. The van der Waals surface area contributed by atoms with E-state index in [1.165, 1.54) is 0 Å². The SMILES string of the molecule is CC(C)OC(=O)CN(CC(N)=O)C1CCNCC1. The van der Waals surface area contributed by atoms with Crippen molar-refractivity contribution in [2.75, 3.05) is 26.2 Å². The summed E-state index contributed by atoms with van der Waals surface area (Å²) in [6.07, 6.45) is 1.70. The molecule has 0 spiro atoms. The Balaban J connectivity index is 2.53. The predicted octanol–water partition coefficient (Wildman–Crippen LogP) is -0.523. The first-order valence-electron chi connectivity index (χ1n) is 6.41. The van der Waals surface area contributed by atoms with Gasteiger partial charge in [0, 0.05) is 6.04 Å². The van der Waals surface area contributed by atoms with E-state index in [9.17, 15) is 9.59 Å². The van der Waals surface area contributed by atoms with E-state index in [4.69, 9.17) is 10.5 Å². The van der Waals surface area contributed by atoms with E-state index in [0.717, 1.165) is 25.9 Å². The molecule has 0 aromatic heterocycles. The summed E-state index contributed by atoms with van der Waals surface area (Å²) in [4.78, 5) is 24.6. The van der Waals surface area contributed by atoms with Crippen LogP contribution in [0.25, 0.3) is 0 Å². The number of nitrogens with zero attached hydrogens (tertiary/aromatic N) is 1. The number of carbonyl (C=O) groups is 2. The highest BCUT2D eigenvalue weighted by Gasteiger charge is 2.24. The van der Waals surface area contributed by atoms with Crippen molar-refractivity contribution in [3.8, 4) is 0 Å². The molecule has 1 fully saturated rings. The summed E-state index contributed by atoms with van der Waals surface area (Å²) in [6, 6.07) is 0.221. The fourth-order valence-electron chi connectivity index (χ4n) is 2.15. The smallest absolute Gasteiger partial charge is 0.320 e. The summed E-state index contributed by atoms with van der Waals surface area (Å²) in [5.41, 5.74) is 5.23. The maximum absolute atomic E-state index is 11.7. The van der Waals surface area contributed by atoms with Gasteiger partial charge >= 0.3 is 5.97 Å². The highest BCUT2D eigenvalue weighted by molar-refractivity contribution is 5.77. The summed E-state index contributed by atoms with van der Waals surface area (Å²) in [7, 11) is 0. The summed E-state index contributed by atoms with van der Waals surface area (Å²) >= 11 is 0. The number of nitrogens with two attached hydrogens (primary N) is 1. The third-order valence-electron chi connectivity index (χ3n) is 2.88. The molecule has 1 aliphatic heterocycles. The summed E-state index contributed by atoms with van der Waals surface area (Å²) < 4.78 is 5.10. The molecule has 0 aliphatic carbocycles. The lowest BCUT2D eigenvalue weighted by molar-refractivity contribution is -0.149. The van der Waals surface area contributed by atoms with E-state index in [-0.39, 0.29) is 31.2 Å². The van der Waals surface area contributed by atoms with Gasteiger partial charge in [0.1, 0.15) is 0 Å². The first kappa shape index (κ1) is 14.9. The van der Waals surface area contributed by atoms with Crippen molar-refractivity contribution in [1.82, 2.24) is 10.2 Å². The molecule has 1 heterocycles. The molecule has 6 nitrogen and oxygen atoms in total. The third kappa shape index (κ3) is 5.46. The molecule has 0 aromatic carbocycles. The maximum atomic E-state index is 11.7. The van der Waals surface area contributed by atoms with E-state index in [1.807, 2.05) is 4.90 Å². The number of primary amides is 1. The van der Waals surface area contributed by atoms with Crippen molar-refractivity contribution in [3.05, 3.63) is 0 Å². The second kappa shape index (κ2) is 7.33. The van der Waals surface area contributed by atoms with E-state index in [2.05, 4.69) is 5.32 Å². The van der Waals surface area contributed by atoms with Crippen LogP contribution in [0, 0.1) is 0 Å². The lowest BCUT2D eigenvalue weighted by Crippen LogP contribution is -2.48. The second-order valence-electron chi connectivity index (χ2n) is 4.89. The lowest BCUT2D eigenvalue weighted by Gasteiger charge is -2.33. The average molecular weight is 257 g/mol. The highest BCUT2D eigenvalue weighted by atomic mass is 16.5. The monoisotopic (exact) mass is 257 g/mol. The van der Waals surface area contributed by atoms with Gasteiger partial charge in [0.05, 0.1) is 19.2 Å². The fraction of sp³-hybridized carbons (Fsp3) is 0.833. The van der Waals surface area contributed by atoms with Crippen LogP contribution in [0.3, 0.4) is 0 Å². The molecule has 18 heavy (non-hydrogen) atoms. The van der Waals surface area contributed by atoms with Gasteiger partial charge in [0.15, 0.2) is 0 Å². The molecule has 0 radical (unpaired) electrons. The van der Waals surface area contributed by atoms with Crippen molar-refractivity contribution in [2.24, 2.45) is 5.73 Å². The zero-order valence-electron chi connectivity index (χ0n) is 11.1. The second-order valence-corrected chi connectivity index (χ2v) is 4.89. The highest BCUT2D eigenvalue weighted by Crippen LogP contribution is 2.11. The van der Waals surface area contributed by atoms with E-state index < -0.39 is 5.91 Å². The minimum atomic E-state index is -0.411. The quantitative estimate of drug-likeness (QED) is 0.625. The molecular weight excluding hydrogens is 234 g/mol. The Morgan fingerprint density at radius 2 is 1.94 bits per heavy atom. The molecule has 1 rings (SSSR count). The topological polar surface area (TPSA) is 84.7 Å². The third-order valence-corrected chi connectivity index (χ3v) is 2.88. The van der Waals surface area contributed by atoms with Crippen LogP contribution < -0.4 is 11.1 Å². The van der Waals surface area contributed by atoms with Gasteiger partial charge in [0.2, 0.25) is 5.91 Å². The number of hydrogen-bond donors (Lipinski definition) is 2. The Bertz CT molecular complexity index is 288. The molecule has 104 valence electrons. The van der Waals surface area contributed by atoms with E-state index in [1.54, 1.807) is 13.8 Å². The first-order valence-corrected chi connectivity index (χ1v) is 6.41. The average Bonchev–Trinajstić information content (AvgIpc) is 2.27. The van der Waals surface area contributed by atoms with Crippen molar-refractivity contribution in [2.45, 2.75) is 38.8 Å². The van der Waals surface area contributed by atoms with Crippen molar-refractivity contribution in [1.29, 1.82) is 0 Å². The van der Waals surface area contributed by atoms with Gasteiger partial charge in [-0.05, 0) is 39.8 Å². The molecule has 3 N–H and O–H groups in total. The predicted molar refractivity (Wildman–Crippen MR) is 67.9 cm³/mol. The zero-order valence-corrected chi connectivity index (χ0v) is 11.1. The van der Waals surface area contributed by atoms with Crippen LogP contribution in [-0.4, -0.2) is 55.1 Å². The maximum Gasteiger partial charge on any atom is 0.320 e. The van der Waals surface area contributed by atoms with Gasteiger partial charge in [0.25, 0.3) is 0 Å². The molecule has 0 aromatic rings. The molecule has 1 amide bonds. The number of nitrogens with one attached hydrogen (secondary N) is 1. The number of hydrogen-bond acceptors (Lipinski definition) is 5. The number of amides is 1. The molecule has 0 unspecified atom stereocenters. The largest absolute Gasteiger partial charge is 0.462 e. The first-order chi connectivity index (χ1) is 8.49. The van der Waals surface area contributed by atoms with Crippen LogP contribution in [0.4, 0.5) is 0 Å². The van der Waals surface area contributed by atoms with Gasteiger partial charge in [-0.25, -0.2) is 0 Å². The summed E-state index contributed by atoms with van der Waals surface area (Å²) in [5.74, 6) is -0.712. The van der Waals surface area contributed by atoms with Crippen LogP contribution in [-0.2, 0) is 14.3 Å². The van der Waals surface area contributed by atoms with Crippen LogP contribution in [0.15, 0.2) is 0 Å². The van der Waals surface area contributed by atoms with Crippen LogP contribution in [0.1, 0.15) is 26.7 Å². The van der Waals surface area contributed by atoms with Crippen LogP contribution >= 0.6 is 0 Å². The van der Waals surface area contributed by atoms with Gasteiger partial charge in [-0.1, -0.05) is 0 Å². The van der Waals surface area contributed by atoms with Crippen molar-refractivity contribution >= 4 is 11.9 Å². The Labute approximate surface area is 108 Å². The lowest BCUT2D eigenvalue weighted by atomic mass is 10.0. The molecule has 0 atom stereocenters. The summed E-state index contributed by atoms with van der Waals surface area (Å²) in [6.45, 7) is 5.66. The van der Waals surface area contributed by atoms with Gasteiger partial charge in [-0.15, -0.1) is 0 Å².